The highest BCUT2D eigenvalue weighted by molar-refractivity contribution is 5.88. The topological polar surface area (TPSA) is 64.2 Å². The minimum atomic E-state index is -5.09. The van der Waals surface area contributed by atoms with Crippen molar-refractivity contribution in [1.29, 1.82) is 0 Å². The molecule has 7 nitrogen and oxygen atoms in total. The number of carbonyl (C=O) groups excluding carboxylic acids is 3. The minimum absolute atomic E-state index is 0.00895. The molecule has 0 aliphatic carbocycles. The van der Waals surface area contributed by atoms with Crippen LogP contribution in [0.5, 0.6) is 0 Å². The summed E-state index contributed by atoms with van der Waals surface area (Å²) < 4.78 is 95.2. The third-order valence-corrected chi connectivity index (χ3v) is 8.52. The van der Waals surface area contributed by atoms with Crippen LogP contribution in [-0.2, 0) is 27.4 Å². The van der Waals surface area contributed by atoms with Crippen LogP contribution in [0.3, 0.4) is 0 Å². The van der Waals surface area contributed by atoms with E-state index in [1.165, 1.54) is 61.9 Å². The summed E-state index contributed by atoms with van der Waals surface area (Å²) in [5.74, 6) is -1.91. The fourth-order valence-corrected chi connectivity index (χ4v) is 5.82. The SMILES string of the molecule is CC(=O)N1CCN(C(=O)N2C[C@@H](N(C)C(=O)C(C)(C)c3cc(C(F)(F)F)cc(C(F)(F)F)c3)[C@H](c3ccc(F)cc3)C2)CC1. The second kappa shape index (κ2) is 11.9. The van der Waals surface area contributed by atoms with Gasteiger partial charge in [0.25, 0.3) is 0 Å². The fraction of sp³-hybridized carbons (Fsp3) is 0.500. The first-order valence-corrected chi connectivity index (χ1v) is 13.9. The van der Waals surface area contributed by atoms with Crippen LogP contribution in [-0.4, -0.2) is 89.8 Å². The Morgan fingerprint density at radius 1 is 0.750 bits per heavy atom. The lowest BCUT2D eigenvalue weighted by Crippen LogP contribution is -2.54. The van der Waals surface area contributed by atoms with Gasteiger partial charge in [-0.25, -0.2) is 9.18 Å². The molecule has 0 N–H and O–H groups in total. The van der Waals surface area contributed by atoms with Crippen LogP contribution < -0.4 is 0 Å². The summed E-state index contributed by atoms with van der Waals surface area (Å²) in [4.78, 5) is 45.1. The van der Waals surface area contributed by atoms with E-state index in [0.717, 1.165) is 0 Å². The van der Waals surface area contributed by atoms with E-state index >= 15 is 0 Å². The lowest BCUT2D eigenvalue weighted by Gasteiger charge is -2.37. The van der Waals surface area contributed by atoms with Gasteiger partial charge < -0.3 is 19.6 Å². The average molecular weight is 631 g/mol. The maximum atomic E-state index is 13.9. The van der Waals surface area contributed by atoms with Crippen molar-refractivity contribution in [2.45, 2.75) is 50.5 Å². The maximum absolute atomic E-state index is 13.9. The van der Waals surface area contributed by atoms with E-state index in [0.29, 0.717) is 43.9 Å². The highest BCUT2D eigenvalue weighted by atomic mass is 19.4. The first-order chi connectivity index (χ1) is 20.3. The summed E-state index contributed by atoms with van der Waals surface area (Å²) in [6.07, 6.45) is -10.2. The van der Waals surface area contributed by atoms with Gasteiger partial charge in [-0.3, -0.25) is 9.59 Å². The zero-order chi connectivity index (χ0) is 32.8. The van der Waals surface area contributed by atoms with Crippen LogP contribution in [0.15, 0.2) is 42.5 Å². The van der Waals surface area contributed by atoms with E-state index in [-0.39, 0.29) is 31.1 Å². The van der Waals surface area contributed by atoms with Gasteiger partial charge in [-0.2, -0.15) is 26.3 Å². The average Bonchev–Trinajstić information content (AvgIpc) is 3.40. The highest BCUT2D eigenvalue weighted by Crippen LogP contribution is 2.40. The predicted octanol–water partition coefficient (Wildman–Crippen LogP) is 5.35. The second-order valence-corrected chi connectivity index (χ2v) is 11.7. The van der Waals surface area contributed by atoms with Crippen molar-refractivity contribution in [3.05, 3.63) is 70.5 Å². The number of hydrogen-bond acceptors (Lipinski definition) is 3. The van der Waals surface area contributed by atoms with Gasteiger partial charge in [0.15, 0.2) is 0 Å². The predicted molar refractivity (Wildman–Crippen MR) is 146 cm³/mol. The van der Waals surface area contributed by atoms with E-state index in [4.69, 9.17) is 0 Å². The molecule has 14 heteroatoms. The van der Waals surface area contributed by atoms with Crippen LogP contribution in [0, 0.1) is 5.82 Å². The molecule has 2 aromatic rings. The summed E-state index contributed by atoms with van der Waals surface area (Å²) in [6.45, 7) is 5.37. The molecule has 0 unspecified atom stereocenters. The zero-order valence-electron chi connectivity index (χ0n) is 24.6. The number of piperazine rings is 1. The molecule has 2 fully saturated rings. The van der Waals surface area contributed by atoms with E-state index in [2.05, 4.69) is 0 Å². The number of likely N-dealkylation sites (N-methyl/N-ethyl adjacent to an activating group) is 1. The molecule has 0 radical (unpaired) electrons. The van der Waals surface area contributed by atoms with Crippen LogP contribution in [0.25, 0.3) is 0 Å². The molecule has 0 saturated carbocycles. The van der Waals surface area contributed by atoms with Crippen molar-refractivity contribution < 1.29 is 45.1 Å². The third-order valence-electron chi connectivity index (χ3n) is 8.52. The minimum Gasteiger partial charge on any atom is -0.340 e. The summed E-state index contributed by atoms with van der Waals surface area (Å²) in [6, 6.07) is 5.51. The van der Waals surface area contributed by atoms with Gasteiger partial charge in [-0.1, -0.05) is 12.1 Å². The molecule has 4 amide bonds. The van der Waals surface area contributed by atoms with Gasteiger partial charge in [-0.05, 0) is 55.3 Å². The van der Waals surface area contributed by atoms with E-state index in [1.807, 2.05) is 0 Å². The number of rotatable bonds is 4. The molecule has 2 aliphatic heterocycles. The van der Waals surface area contributed by atoms with E-state index in [9.17, 15) is 45.1 Å². The first-order valence-electron chi connectivity index (χ1n) is 13.9. The lowest BCUT2D eigenvalue weighted by molar-refractivity contribution is -0.144. The molecule has 2 aromatic carbocycles. The monoisotopic (exact) mass is 630 g/mol. The number of urea groups is 1. The number of nitrogens with zero attached hydrogens (tertiary/aromatic N) is 4. The standard InChI is InChI=1S/C30H33F7N4O3/c1-18(42)39-9-11-40(12-10-39)27(44)41-16-24(19-5-7-23(31)8-6-19)25(17-41)38(4)26(43)28(2,3)20-13-21(29(32,33)34)15-22(14-20)30(35,36)37/h5-8,13-15,24-25H,9-12,16-17H2,1-4H3/t24-,25+/m0/s1. The molecule has 2 saturated heterocycles. The zero-order valence-corrected chi connectivity index (χ0v) is 24.6. The third kappa shape index (κ3) is 6.78. The van der Waals surface area contributed by atoms with Gasteiger partial charge in [0.2, 0.25) is 11.8 Å². The van der Waals surface area contributed by atoms with Crippen LogP contribution in [0.2, 0.25) is 0 Å². The molecule has 2 aliphatic rings. The Kier molecular flexibility index (Phi) is 8.96. The van der Waals surface area contributed by atoms with E-state index < -0.39 is 58.1 Å². The van der Waals surface area contributed by atoms with Gasteiger partial charge in [0.05, 0.1) is 22.6 Å². The fourth-order valence-electron chi connectivity index (χ4n) is 5.82. The van der Waals surface area contributed by atoms with Gasteiger partial charge in [-0.15, -0.1) is 0 Å². The van der Waals surface area contributed by atoms with Crippen molar-refractivity contribution in [1.82, 2.24) is 19.6 Å². The van der Waals surface area contributed by atoms with E-state index in [1.54, 1.807) is 9.80 Å². The Hall–Kier alpha value is -3.84. The van der Waals surface area contributed by atoms with Crippen molar-refractivity contribution in [2.24, 2.45) is 0 Å². The summed E-state index contributed by atoms with van der Waals surface area (Å²) in [7, 11) is 1.39. The quantitative estimate of drug-likeness (QED) is 0.428. The number of halogens is 7. The van der Waals surface area contributed by atoms with Crippen molar-refractivity contribution in [3.8, 4) is 0 Å². The number of amides is 4. The normalized spacial score (nSPS) is 19.8. The second-order valence-electron chi connectivity index (χ2n) is 11.7. The van der Waals surface area contributed by atoms with Crippen molar-refractivity contribution in [2.75, 3.05) is 46.3 Å². The molecule has 4 rings (SSSR count). The molecule has 240 valence electrons. The molecule has 0 spiro atoms. The Labute approximate surface area is 250 Å². The largest absolute Gasteiger partial charge is 0.416 e. The number of alkyl halides is 6. The maximum Gasteiger partial charge on any atom is 0.416 e. The van der Waals surface area contributed by atoms with Gasteiger partial charge in [0.1, 0.15) is 5.82 Å². The van der Waals surface area contributed by atoms with Crippen LogP contribution in [0.1, 0.15) is 48.9 Å². The Bertz CT molecular complexity index is 1370. The molecule has 0 aromatic heterocycles. The lowest BCUT2D eigenvalue weighted by atomic mass is 9.80. The summed E-state index contributed by atoms with van der Waals surface area (Å²) >= 11 is 0. The van der Waals surface area contributed by atoms with Gasteiger partial charge in [0, 0.05) is 59.2 Å². The molecular weight excluding hydrogens is 597 g/mol. The highest BCUT2D eigenvalue weighted by Gasteiger charge is 2.46. The molecule has 44 heavy (non-hydrogen) atoms. The molecule has 0 bridgehead atoms. The summed E-state index contributed by atoms with van der Waals surface area (Å²) in [5, 5.41) is 0. The number of carbonyl (C=O) groups is 3. The first kappa shape index (κ1) is 33.1. The Balaban J connectivity index is 1.65. The Morgan fingerprint density at radius 3 is 1.70 bits per heavy atom. The molecule has 2 atom stereocenters. The molecular formula is C30H33F7N4O3. The Morgan fingerprint density at radius 2 is 1.23 bits per heavy atom. The van der Waals surface area contributed by atoms with Crippen LogP contribution >= 0.6 is 0 Å². The van der Waals surface area contributed by atoms with Crippen LogP contribution in [0.4, 0.5) is 35.5 Å². The number of likely N-dealkylation sites (tertiary alicyclic amines) is 1. The molecule has 2 heterocycles. The smallest absolute Gasteiger partial charge is 0.340 e. The summed E-state index contributed by atoms with van der Waals surface area (Å²) in [5.41, 5.74) is -4.76. The number of hydrogen-bond donors (Lipinski definition) is 0. The van der Waals surface area contributed by atoms with Gasteiger partial charge >= 0.3 is 18.4 Å². The van der Waals surface area contributed by atoms with Crippen molar-refractivity contribution >= 4 is 17.8 Å². The number of benzene rings is 2. The van der Waals surface area contributed by atoms with Crippen molar-refractivity contribution in [3.63, 3.8) is 0 Å².